The lowest BCUT2D eigenvalue weighted by molar-refractivity contribution is 0.0599. The molecule has 0 aromatic heterocycles. The van der Waals surface area contributed by atoms with Crippen molar-refractivity contribution in [1.29, 1.82) is 0 Å². The van der Waals surface area contributed by atoms with Crippen LogP contribution in [0.5, 0.6) is 5.75 Å². The van der Waals surface area contributed by atoms with E-state index in [1.807, 2.05) is 0 Å². The Morgan fingerprint density at radius 2 is 2.13 bits per heavy atom. The minimum Gasteiger partial charge on any atom is -0.492 e. The van der Waals surface area contributed by atoms with Gasteiger partial charge < -0.3 is 9.47 Å². The molecule has 1 rings (SSSR count). The molecule has 0 fully saturated rings. The van der Waals surface area contributed by atoms with Crippen molar-refractivity contribution in [2.75, 3.05) is 14.2 Å². The lowest BCUT2D eigenvalue weighted by Crippen LogP contribution is -2.05. The van der Waals surface area contributed by atoms with Crippen LogP contribution in [0.25, 0.3) is 0 Å². The molecule has 0 saturated carbocycles. The standard InChI is InChI=1S/C9H7BrClFO3/c1-14-8-5(12)3-4(10)6(7(8)11)9(13)15-2/h3H,1-2H3. The molecule has 0 amide bonds. The van der Waals surface area contributed by atoms with Crippen LogP contribution in [-0.4, -0.2) is 20.2 Å². The van der Waals surface area contributed by atoms with E-state index < -0.39 is 11.8 Å². The second-order valence-electron chi connectivity index (χ2n) is 2.55. The molecule has 0 radical (unpaired) electrons. The predicted molar refractivity (Wildman–Crippen MR) is 57.0 cm³/mol. The third-order valence-electron chi connectivity index (χ3n) is 1.72. The zero-order valence-electron chi connectivity index (χ0n) is 7.94. The van der Waals surface area contributed by atoms with Crippen LogP contribution in [0.15, 0.2) is 10.5 Å². The molecule has 0 N–H and O–H groups in total. The summed E-state index contributed by atoms with van der Waals surface area (Å²) in [5, 5.41) is -0.115. The summed E-state index contributed by atoms with van der Waals surface area (Å²) in [6.07, 6.45) is 0. The lowest BCUT2D eigenvalue weighted by atomic mass is 10.2. The van der Waals surface area contributed by atoms with Crippen molar-refractivity contribution in [1.82, 2.24) is 0 Å². The maximum Gasteiger partial charge on any atom is 0.340 e. The molecule has 82 valence electrons. The van der Waals surface area contributed by atoms with Gasteiger partial charge >= 0.3 is 5.97 Å². The van der Waals surface area contributed by atoms with Crippen LogP contribution in [0, 0.1) is 5.82 Å². The number of rotatable bonds is 2. The fourth-order valence-electron chi connectivity index (χ4n) is 1.05. The predicted octanol–water partition coefficient (Wildman–Crippen LogP) is 3.04. The van der Waals surface area contributed by atoms with E-state index in [1.165, 1.54) is 14.2 Å². The van der Waals surface area contributed by atoms with Gasteiger partial charge in [0.1, 0.15) is 5.02 Å². The number of ether oxygens (including phenoxy) is 2. The Hall–Kier alpha value is -0.810. The van der Waals surface area contributed by atoms with Crippen LogP contribution in [-0.2, 0) is 4.74 Å². The van der Waals surface area contributed by atoms with Crippen LogP contribution in [0.4, 0.5) is 4.39 Å². The van der Waals surface area contributed by atoms with Crippen molar-refractivity contribution < 1.29 is 18.7 Å². The van der Waals surface area contributed by atoms with Gasteiger partial charge in [-0.25, -0.2) is 9.18 Å². The van der Waals surface area contributed by atoms with Gasteiger partial charge in [-0.3, -0.25) is 0 Å². The molecule has 3 nitrogen and oxygen atoms in total. The summed E-state index contributed by atoms with van der Waals surface area (Å²) in [6.45, 7) is 0. The Morgan fingerprint density at radius 1 is 1.53 bits per heavy atom. The van der Waals surface area contributed by atoms with E-state index >= 15 is 0 Å². The van der Waals surface area contributed by atoms with E-state index in [2.05, 4.69) is 20.7 Å². The number of benzene rings is 1. The van der Waals surface area contributed by atoms with E-state index in [0.29, 0.717) is 0 Å². The number of hydrogen-bond acceptors (Lipinski definition) is 3. The molecule has 0 saturated heterocycles. The molecule has 6 heteroatoms. The SMILES string of the molecule is COC(=O)c1c(Br)cc(F)c(OC)c1Cl. The normalized spacial score (nSPS) is 9.93. The van der Waals surface area contributed by atoms with Crippen molar-refractivity contribution in [2.45, 2.75) is 0 Å². The van der Waals surface area contributed by atoms with E-state index in [4.69, 9.17) is 16.3 Å². The lowest BCUT2D eigenvalue weighted by Gasteiger charge is -2.10. The van der Waals surface area contributed by atoms with Gasteiger partial charge in [0.15, 0.2) is 11.6 Å². The minimum absolute atomic E-state index is 0.0393. The fourth-order valence-corrected chi connectivity index (χ4v) is 2.07. The molecular formula is C9H7BrClFO3. The molecule has 0 atom stereocenters. The molecule has 0 heterocycles. The van der Waals surface area contributed by atoms with Gasteiger partial charge in [-0.1, -0.05) is 11.6 Å². The highest BCUT2D eigenvalue weighted by Gasteiger charge is 2.22. The van der Waals surface area contributed by atoms with Gasteiger partial charge in [-0.2, -0.15) is 0 Å². The van der Waals surface area contributed by atoms with E-state index in [0.717, 1.165) is 6.07 Å². The average Bonchev–Trinajstić information content (AvgIpc) is 2.17. The summed E-state index contributed by atoms with van der Waals surface area (Å²) in [5.41, 5.74) is 0.0393. The molecule has 1 aromatic rings. The van der Waals surface area contributed by atoms with Gasteiger partial charge in [0.05, 0.1) is 19.8 Å². The zero-order valence-corrected chi connectivity index (χ0v) is 10.3. The van der Waals surface area contributed by atoms with Crippen molar-refractivity contribution in [3.05, 3.63) is 26.9 Å². The van der Waals surface area contributed by atoms with Crippen molar-refractivity contribution >= 4 is 33.5 Å². The number of esters is 1. The number of carbonyl (C=O) groups excluding carboxylic acids is 1. The monoisotopic (exact) mass is 296 g/mol. The van der Waals surface area contributed by atoms with Crippen LogP contribution in [0.1, 0.15) is 10.4 Å². The van der Waals surface area contributed by atoms with Gasteiger partial charge in [-0.05, 0) is 22.0 Å². The average molecular weight is 298 g/mol. The summed E-state index contributed by atoms with van der Waals surface area (Å²) in [5.74, 6) is -1.49. The molecular weight excluding hydrogens is 290 g/mol. The molecule has 0 aliphatic rings. The molecule has 0 unspecified atom stereocenters. The summed E-state index contributed by atoms with van der Waals surface area (Å²) in [4.78, 5) is 11.3. The Morgan fingerprint density at radius 3 is 2.60 bits per heavy atom. The first-order valence-electron chi connectivity index (χ1n) is 3.82. The summed E-state index contributed by atoms with van der Waals surface area (Å²) >= 11 is 8.82. The van der Waals surface area contributed by atoms with Crippen LogP contribution in [0.3, 0.4) is 0 Å². The van der Waals surface area contributed by atoms with Gasteiger partial charge in [0.25, 0.3) is 0 Å². The van der Waals surface area contributed by atoms with Crippen LogP contribution < -0.4 is 4.74 Å². The Bertz CT molecular complexity index is 409. The van der Waals surface area contributed by atoms with Crippen molar-refractivity contribution in [3.63, 3.8) is 0 Å². The van der Waals surface area contributed by atoms with Gasteiger partial charge in [0, 0.05) is 4.47 Å². The van der Waals surface area contributed by atoms with E-state index in [1.54, 1.807) is 0 Å². The van der Waals surface area contributed by atoms with Crippen molar-refractivity contribution in [2.24, 2.45) is 0 Å². The van der Waals surface area contributed by atoms with Gasteiger partial charge in [0.2, 0.25) is 0 Å². The van der Waals surface area contributed by atoms with Crippen LogP contribution >= 0.6 is 27.5 Å². The largest absolute Gasteiger partial charge is 0.492 e. The number of methoxy groups -OCH3 is 2. The molecule has 0 spiro atoms. The number of halogens is 3. The topological polar surface area (TPSA) is 35.5 Å². The number of carbonyl (C=O) groups is 1. The molecule has 15 heavy (non-hydrogen) atoms. The molecule has 0 bridgehead atoms. The first kappa shape index (κ1) is 12.3. The Kier molecular flexibility index (Phi) is 3.93. The third kappa shape index (κ3) is 2.23. The van der Waals surface area contributed by atoms with Crippen molar-refractivity contribution in [3.8, 4) is 5.75 Å². The minimum atomic E-state index is -0.662. The molecule has 1 aromatic carbocycles. The first-order chi connectivity index (χ1) is 7.02. The molecule has 0 aliphatic carbocycles. The number of hydrogen-bond donors (Lipinski definition) is 0. The second-order valence-corrected chi connectivity index (χ2v) is 3.79. The highest BCUT2D eigenvalue weighted by Crippen LogP contribution is 2.36. The third-order valence-corrected chi connectivity index (χ3v) is 2.71. The highest BCUT2D eigenvalue weighted by atomic mass is 79.9. The Balaban J connectivity index is 3.45. The second kappa shape index (κ2) is 4.81. The highest BCUT2D eigenvalue weighted by molar-refractivity contribution is 9.10. The summed E-state index contributed by atoms with van der Waals surface area (Å²) < 4.78 is 22.7. The molecule has 0 aliphatic heterocycles. The fraction of sp³-hybridized carbons (Fsp3) is 0.222. The maximum atomic E-state index is 13.3. The van der Waals surface area contributed by atoms with Gasteiger partial charge in [-0.15, -0.1) is 0 Å². The summed E-state index contributed by atoms with van der Waals surface area (Å²) in [7, 11) is 2.47. The smallest absolute Gasteiger partial charge is 0.340 e. The Labute approximate surface area is 99.3 Å². The zero-order chi connectivity index (χ0) is 11.6. The van der Waals surface area contributed by atoms with E-state index in [9.17, 15) is 9.18 Å². The maximum absolute atomic E-state index is 13.3. The van der Waals surface area contributed by atoms with Crippen LogP contribution in [0.2, 0.25) is 5.02 Å². The van der Waals surface area contributed by atoms with E-state index in [-0.39, 0.29) is 20.8 Å². The first-order valence-corrected chi connectivity index (χ1v) is 4.99. The summed E-state index contributed by atoms with van der Waals surface area (Å²) in [6, 6.07) is 1.09. The quantitative estimate of drug-likeness (QED) is 0.787.